The van der Waals surface area contributed by atoms with Crippen LogP contribution < -0.4 is 11.3 Å². The fourth-order valence-corrected chi connectivity index (χ4v) is 5.31. The van der Waals surface area contributed by atoms with Gasteiger partial charge in [-0.05, 0) is 42.5 Å². The van der Waals surface area contributed by atoms with Crippen molar-refractivity contribution in [2.24, 2.45) is 5.73 Å². The van der Waals surface area contributed by atoms with E-state index in [0.717, 1.165) is 34.9 Å². The molecule has 2 aliphatic heterocycles. The van der Waals surface area contributed by atoms with Crippen LogP contribution in [0.15, 0.2) is 29.1 Å². The van der Waals surface area contributed by atoms with Crippen molar-refractivity contribution < 1.29 is 14.6 Å². The number of aryl methyl sites for hydroxylation is 1. The summed E-state index contributed by atoms with van der Waals surface area (Å²) in [4.78, 5) is 30.6. The number of carbonyl (C=O) groups excluding carboxylic acids is 1. The van der Waals surface area contributed by atoms with Gasteiger partial charge in [-0.25, -0.2) is 9.78 Å². The molecule has 0 saturated carbocycles. The Hall–Kier alpha value is -3.03. The molecule has 0 fully saturated rings. The van der Waals surface area contributed by atoms with Gasteiger partial charge in [0.1, 0.15) is 6.61 Å². The number of cyclic esters (lactones) is 1. The topological polar surface area (TPSA) is 107 Å². The summed E-state index contributed by atoms with van der Waals surface area (Å²) in [6.45, 7) is 1.96. The third kappa shape index (κ3) is 2.03. The summed E-state index contributed by atoms with van der Waals surface area (Å²) in [5.41, 5.74) is 10.6. The number of ether oxygens (including phenoxy) is 1. The average molecular weight is 403 g/mol. The van der Waals surface area contributed by atoms with Crippen molar-refractivity contribution in [1.82, 2.24) is 9.55 Å². The SMILES string of the molecule is CCC1(O)C(=O)OCc2c1cc1n(c2=O)Cc2c-1nc1cccc3c1c2C(N)CC3. The number of carbonyl (C=O) groups is 1. The van der Waals surface area contributed by atoms with Gasteiger partial charge < -0.3 is 20.1 Å². The highest BCUT2D eigenvalue weighted by Gasteiger charge is 2.45. The van der Waals surface area contributed by atoms with Gasteiger partial charge in [0.15, 0.2) is 5.60 Å². The molecule has 7 heteroatoms. The first-order valence-electron chi connectivity index (χ1n) is 10.3. The van der Waals surface area contributed by atoms with E-state index in [-0.39, 0.29) is 24.6 Å². The molecule has 2 aromatic heterocycles. The van der Waals surface area contributed by atoms with Crippen molar-refractivity contribution in [3.63, 3.8) is 0 Å². The first-order chi connectivity index (χ1) is 14.4. The number of nitrogens with zero attached hydrogens (tertiary/aromatic N) is 2. The van der Waals surface area contributed by atoms with Crippen molar-refractivity contribution in [2.45, 2.75) is 51.0 Å². The van der Waals surface area contributed by atoms with E-state index in [4.69, 9.17) is 15.5 Å². The van der Waals surface area contributed by atoms with Gasteiger partial charge in [-0.3, -0.25) is 4.79 Å². The van der Waals surface area contributed by atoms with Crippen LogP contribution in [0.5, 0.6) is 0 Å². The first-order valence-corrected chi connectivity index (χ1v) is 10.3. The molecular weight excluding hydrogens is 382 g/mol. The molecule has 0 spiro atoms. The summed E-state index contributed by atoms with van der Waals surface area (Å²) in [7, 11) is 0. The van der Waals surface area contributed by atoms with Crippen molar-refractivity contribution in [1.29, 1.82) is 0 Å². The number of hydrogen-bond acceptors (Lipinski definition) is 6. The number of aliphatic hydroxyl groups is 1. The van der Waals surface area contributed by atoms with Crippen molar-refractivity contribution in [3.8, 4) is 11.4 Å². The maximum absolute atomic E-state index is 13.3. The van der Waals surface area contributed by atoms with Crippen molar-refractivity contribution in [2.75, 3.05) is 0 Å². The third-order valence-corrected chi connectivity index (χ3v) is 6.94. The molecule has 6 rings (SSSR count). The third-order valence-electron chi connectivity index (χ3n) is 6.94. The molecule has 3 aromatic rings. The average Bonchev–Trinajstić information content (AvgIpc) is 3.12. The quantitative estimate of drug-likeness (QED) is 0.471. The number of benzene rings is 1. The molecular formula is C23H21N3O4. The molecule has 3 N–H and O–H groups in total. The second kappa shape index (κ2) is 5.77. The van der Waals surface area contributed by atoms with Gasteiger partial charge in [-0.2, -0.15) is 0 Å². The molecule has 2 unspecified atom stereocenters. The number of esters is 1. The van der Waals surface area contributed by atoms with Crippen LogP contribution in [-0.4, -0.2) is 20.6 Å². The second-order valence-corrected chi connectivity index (χ2v) is 8.41. The van der Waals surface area contributed by atoms with E-state index in [9.17, 15) is 14.7 Å². The van der Waals surface area contributed by atoms with E-state index in [1.807, 2.05) is 12.1 Å². The van der Waals surface area contributed by atoms with Crippen LogP contribution in [0, 0.1) is 0 Å². The Morgan fingerprint density at radius 2 is 2.17 bits per heavy atom. The van der Waals surface area contributed by atoms with E-state index in [1.54, 1.807) is 17.6 Å². The number of pyridine rings is 2. The first kappa shape index (κ1) is 17.8. The van der Waals surface area contributed by atoms with Gasteiger partial charge >= 0.3 is 5.97 Å². The molecule has 0 saturated heterocycles. The van der Waals surface area contributed by atoms with E-state index >= 15 is 0 Å². The Labute approximate surface area is 172 Å². The number of hydrogen-bond donors (Lipinski definition) is 2. The van der Waals surface area contributed by atoms with Crippen LogP contribution in [-0.2, 0) is 34.7 Å². The lowest BCUT2D eigenvalue weighted by molar-refractivity contribution is -0.172. The van der Waals surface area contributed by atoms with E-state index in [0.29, 0.717) is 29.1 Å². The summed E-state index contributed by atoms with van der Waals surface area (Å²) >= 11 is 0. The molecule has 7 nitrogen and oxygen atoms in total. The lowest BCUT2D eigenvalue weighted by Gasteiger charge is -2.31. The Bertz CT molecular complexity index is 1340. The number of nitrogens with two attached hydrogens (primary N) is 1. The second-order valence-electron chi connectivity index (χ2n) is 8.41. The number of rotatable bonds is 1. The zero-order chi connectivity index (χ0) is 20.8. The molecule has 152 valence electrons. The molecule has 0 amide bonds. The Balaban J connectivity index is 1.69. The highest BCUT2D eigenvalue weighted by atomic mass is 16.6. The lowest BCUT2D eigenvalue weighted by atomic mass is 9.84. The fraction of sp³-hybridized carbons (Fsp3) is 0.348. The lowest BCUT2D eigenvalue weighted by Crippen LogP contribution is -2.44. The predicted octanol–water partition coefficient (Wildman–Crippen LogP) is 2.03. The highest BCUT2D eigenvalue weighted by molar-refractivity contribution is 5.92. The molecule has 4 heterocycles. The van der Waals surface area contributed by atoms with Crippen LogP contribution in [0.2, 0.25) is 0 Å². The van der Waals surface area contributed by atoms with E-state index < -0.39 is 11.6 Å². The Morgan fingerprint density at radius 3 is 2.97 bits per heavy atom. The molecule has 1 aromatic carbocycles. The Morgan fingerprint density at radius 1 is 1.33 bits per heavy atom. The summed E-state index contributed by atoms with van der Waals surface area (Å²) in [6, 6.07) is 7.72. The smallest absolute Gasteiger partial charge is 0.343 e. The zero-order valence-corrected chi connectivity index (χ0v) is 16.6. The van der Waals surface area contributed by atoms with Gasteiger partial charge in [-0.1, -0.05) is 19.1 Å². The molecule has 30 heavy (non-hydrogen) atoms. The van der Waals surface area contributed by atoms with Crippen LogP contribution in [0.1, 0.15) is 53.6 Å². The predicted molar refractivity (Wildman–Crippen MR) is 110 cm³/mol. The van der Waals surface area contributed by atoms with Gasteiger partial charge in [0.2, 0.25) is 0 Å². The van der Waals surface area contributed by atoms with Crippen LogP contribution in [0.4, 0.5) is 0 Å². The van der Waals surface area contributed by atoms with Gasteiger partial charge in [-0.15, -0.1) is 0 Å². The van der Waals surface area contributed by atoms with Crippen LogP contribution >= 0.6 is 0 Å². The minimum absolute atomic E-state index is 0.115. The highest BCUT2D eigenvalue weighted by Crippen LogP contribution is 2.44. The van der Waals surface area contributed by atoms with E-state index in [2.05, 4.69) is 6.07 Å². The summed E-state index contributed by atoms with van der Waals surface area (Å²) in [5.74, 6) is -0.715. The standard InChI is InChI=1S/C23H21N3O4/c1-2-23(29)14-8-17-20-12(9-26(17)21(27)13(14)10-30-22(23)28)19-15(24)7-6-11-4-3-5-16(25-20)18(11)19/h3-5,8,15,29H,2,6-7,9-10,24H2,1H3. The number of aromatic nitrogens is 2. The molecule has 2 atom stereocenters. The number of fused-ring (bicyclic) bond motifs is 5. The minimum Gasteiger partial charge on any atom is -0.458 e. The monoisotopic (exact) mass is 403 g/mol. The van der Waals surface area contributed by atoms with Crippen molar-refractivity contribution in [3.05, 3.63) is 62.4 Å². The summed E-state index contributed by atoms with van der Waals surface area (Å²) in [6.07, 6.45) is 1.89. The molecule has 0 radical (unpaired) electrons. The van der Waals surface area contributed by atoms with Gasteiger partial charge in [0.25, 0.3) is 5.56 Å². The molecule has 1 aliphatic carbocycles. The van der Waals surface area contributed by atoms with Crippen molar-refractivity contribution >= 4 is 16.9 Å². The maximum Gasteiger partial charge on any atom is 0.343 e. The molecule has 3 aliphatic rings. The van der Waals surface area contributed by atoms with Crippen LogP contribution in [0.25, 0.3) is 22.3 Å². The normalized spacial score (nSPS) is 23.7. The van der Waals surface area contributed by atoms with E-state index in [1.165, 1.54) is 5.56 Å². The minimum atomic E-state index is -1.82. The maximum atomic E-state index is 13.3. The molecule has 0 bridgehead atoms. The zero-order valence-electron chi connectivity index (χ0n) is 16.6. The summed E-state index contributed by atoms with van der Waals surface area (Å²) < 4.78 is 6.81. The summed E-state index contributed by atoms with van der Waals surface area (Å²) in [5, 5.41) is 12.1. The van der Waals surface area contributed by atoms with Gasteiger partial charge in [0, 0.05) is 22.6 Å². The van der Waals surface area contributed by atoms with Crippen LogP contribution in [0.3, 0.4) is 0 Å². The van der Waals surface area contributed by atoms with Gasteiger partial charge in [0.05, 0.1) is 29.0 Å². The Kier molecular flexibility index (Phi) is 3.42. The largest absolute Gasteiger partial charge is 0.458 e. The fourth-order valence-electron chi connectivity index (χ4n) is 5.31.